The van der Waals surface area contributed by atoms with Crippen LogP contribution in [0.3, 0.4) is 0 Å². The predicted molar refractivity (Wildman–Crippen MR) is 56.9 cm³/mol. The maximum atomic E-state index is 10.8. The van der Waals surface area contributed by atoms with Gasteiger partial charge in [0.25, 0.3) is 0 Å². The van der Waals surface area contributed by atoms with E-state index in [4.69, 9.17) is 33.0 Å². The highest BCUT2D eigenvalue weighted by Crippen LogP contribution is 2.41. The average Bonchev–Trinajstić information content (AvgIpc) is 2.04. The monoisotopic (exact) mass is 254 g/mol. The highest BCUT2D eigenvalue weighted by atomic mass is 35.5. The molecule has 78 valence electrons. The second kappa shape index (κ2) is 4.21. The SMILES string of the molecule is Cc1c(CP(=O)(O)O)ccc(Cl)c1Cl. The van der Waals surface area contributed by atoms with Gasteiger partial charge in [-0.25, -0.2) is 0 Å². The number of hydrogen-bond donors (Lipinski definition) is 2. The van der Waals surface area contributed by atoms with Crippen LogP contribution < -0.4 is 0 Å². The van der Waals surface area contributed by atoms with Crippen molar-refractivity contribution < 1.29 is 14.4 Å². The van der Waals surface area contributed by atoms with Gasteiger partial charge in [0.1, 0.15) is 0 Å². The third kappa shape index (κ3) is 2.97. The van der Waals surface area contributed by atoms with Crippen molar-refractivity contribution in [3.8, 4) is 0 Å². The summed E-state index contributed by atoms with van der Waals surface area (Å²) in [4.78, 5) is 17.6. The smallest absolute Gasteiger partial charge is 0.324 e. The van der Waals surface area contributed by atoms with E-state index in [1.165, 1.54) is 6.07 Å². The van der Waals surface area contributed by atoms with Crippen molar-refractivity contribution in [3.63, 3.8) is 0 Å². The van der Waals surface area contributed by atoms with Gasteiger partial charge in [0.2, 0.25) is 0 Å². The van der Waals surface area contributed by atoms with Crippen LogP contribution >= 0.6 is 30.8 Å². The van der Waals surface area contributed by atoms with Gasteiger partial charge in [0.15, 0.2) is 0 Å². The maximum absolute atomic E-state index is 10.8. The van der Waals surface area contributed by atoms with Gasteiger partial charge in [-0.05, 0) is 24.1 Å². The van der Waals surface area contributed by atoms with Gasteiger partial charge >= 0.3 is 7.60 Å². The molecule has 3 nitrogen and oxygen atoms in total. The third-order valence-corrected chi connectivity index (χ3v) is 3.48. The zero-order chi connectivity index (χ0) is 10.9. The first kappa shape index (κ1) is 12.0. The molecule has 0 aromatic heterocycles. The van der Waals surface area contributed by atoms with Crippen molar-refractivity contribution in [2.24, 2.45) is 0 Å². The molecule has 0 fully saturated rings. The quantitative estimate of drug-likeness (QED) is 0.798. The molecule has 0 unspecified atom stereocenters. The lowest BCUT2D eigenvalue weighted by Crippen LogP contribution is -1.92. The van der Waals surface area contributed by atoms with E-state index in [0.717, 1.165) is 0 Å². The molecule has 1 aromatic rings. The van der Waals surface area contributed by atoms with Crippen LogP contribution in [0.2, 0.25) is 10.0 Å². The first-order chi connectivity index (χ1) is 6.31. The van der Waals surface area contributed by atoms with E-state index in [2.05, 4.69) is 0 Å². The Labute approximate surface area is 91.8 Å². The van der Waals surface area contributed by atoms with E-state index in [9.17, 15) is 4.57 Å². The van der Waals surface area contributed by atoms with Crippen molar-refractivity contribution in [2.75, 3.05) is 0 Å². The highest BCUT2D eigenvalue weighted by Gasteiger charge is 2.17. The molecule has 0 bridgehead atoms. The summed E-state index contributed by atoms with van der Waals surface area (Å²) in [6.07, 6.45) is -0.310. The predicted octanol–water partition coefficient (Wildman–Crippen LogP) is 2.98. The molecule has 2 N–H and O–H groups in total. The summed E-state index contributed by atoms with van der Waals surface area (Å²) in [6.45, 7) is 1.68. The number of hydrogen-bond acceptors (Lipinski definition) is 1. The van der Waals surface area contributed by atoms with E-state index in [0.29, 0.717) is 21.2 Å². The molecule has 0 atom stereocenters. The van der Waals surface area contributed by atoms with Gasteiger partial charge in [0, 0.05) is 0 Å². The molecule has 0 heterocycles. The van der Waals surface area contributed by atoms with Gasteiger partial charge in [0.05, 0.1) is 16.2 Å². The van der Waals surface area contributed by atoms with Crippen molar-refractivity contribution >= 4 is 30.8 Å². The Hall–Kier alpha value is -0.0500. The Morgan fingerprint density at radius 2 is 1.93 bits per heavy atom. The second-order valence-electron chi connectivity index (χ2n) is 2.97. The van der Waals surface area contributed by atoms with Crippen LogP contribution in [0.4, 0.5) is 0 Å². The molecule has 1 aromatic carbocycles. The highest BCUT2D eigenvalue weighted by molar-refractivity contribution is 7.50. The minimum Gasteiger partial charge on any atom is -0.324 e. The molecule has 0 radical (unpaired) electrons. The Morgan fingerprint density at radius 3 is 2.43 bits per heavy atom. The van der Waals surface area contributed by atoms with E-state index in [1.54, 1.807) is 13.0 Å². The fourth-order valence-corrected chi connectivity index (χ4v) is 2.26. The van der Waals surface area contributed by atoms with Crippen LogP contribution in [0.5, 0.6) is 0 Å². The Kier molecular flexibility index (Phi) is 3.62. The van der Waals surface area contributed by atoms with E-state index in [1.807, 2.05) is 0 Å². The van der Waals surface area contributed by atoms with E-state index in [-0.39, 0.29) is 6.16 Å². The molecular formula is C8H9Cl2O3P. The van der Waals surface area contributed by atoms with Crippen LogP contribution in [0.15, 0.2) is 12.1 Å². The topological polar surface area (TPSA) is 57.5 Å². The maximum Gasteiger partial charge on any atom is 0.329 e. The van der Waals surface area contributed by atoms with Crippen molar-refractivity contribution in [1.82, 2.24) is 0 Å². The van der Waals surface area contributed by atoms with Crippen LogP contribution in [-0.2, 0) is 10.7 Å². The molecule has 0 aliphatic carbocycles. The van der Waals surface area contributed by atoms with Gasteiger partial charge in [-0.1, -0.05) is 29.3 Å². The normalized spacial score (nSPS) is 11.8. The summed E-state index contributed by atoms with van der Waals surface area (Å²) >= 11 is 11.6. The first-order valence-corrected chi connectivity index (χ1v) is 6.34. The second-order valence-corrected chi connectivity index (χ2v) is 5.40. The fraction of sp³-hybridized carbons (Fsp3) is 0.250. The van der Waals surface area contributed by atoms with Crippen molar-refractivity contribution in [2.45, 2.75) is 13.1 Å². The summed E-state index contributed by atoms with van der Waals surface area (Å²) in [5.41, 5.74) is 1.13. The lowest BCUT2D eigenvalue weighted by atomic mass is 10.1. The first-order valence-electron chi connectivity index (χ1n) is 3.79. The summed E-state index contributed by atoms with van der Waals surface area (Å²) in [5, 5.41) is 0.733. The van der Waals surface area contributed by atoms with Crippen molar-refractivity contribution in [3.05, 3.63) is 33.3 Å². The molecule has 1 rings (SSSR count). The standard InChI is InChI=1S/C8H9Cl2O3P/c1-5-6(4-14(11,12)13)2-3-7(9)8(5)10/h2-3H,4H2,1H3,(H2,11,12,13). The lowest BCUT2D eigenvalue weighted by molar-refractivity contribution is 0.371. The largest absolute Gasteiger partial charge is 0.329 e. The molecule has 0 saturated carbocycles. The van der Waals surface area contributed by atoms with Gasteiger partial charge in [-0.3, -0.25) is 4.57 Å². The Morgan fingerprint density at radius 1 is 1.36 bits per heavy atom. The molecule has 6 heteroatoms. The minimum atomic E-state index is -4.05. The summed E-state index contributed by atoms with van der Waals surface area (Å²) in [5.74, 6) is 0. The molecule has 0 spiro atoms. The molecule has 0 aliphatic rings. The van der Waals surface area contributed by atoms with Crippen LogP contribution in [0.25, 0.3) is 0 Å². The van der Waals surface area contributed by atoms with Crippen LogP contribution in [0.1, 0.15) is 11.1 Å². The van der Waals surface area contributed by atoms with Gasteiger partial charge < -0.3 is 9.79 Å². The molecular weight excluding hydrogens is 246 g/mol. The Bertz CT molecular complexity index is 400. The molecule has 14 heavy (non-hydrogen) atoms. The van der Waals surface area contributed by atoms with Crippen LogP contribution in [-0.4, -0.2) is 9.79 Å². The Balaban J connectivity index is 3.12. The van der Waals surface area contributed by atoms with Gasteiger partial charge in [-0.15, -0.1) is 0 Å². The number of halogens is 2. The molecule has 0 saturated heterocycles. The van der Waals surface area contributed by atoms with Crippen LogP contribution in [0, 0.1) is 6.92 Å². The van der Waals surface area contributed by atoms with E-state index < -0.39 is 7.60 Å². The third-order valence-electron chi connectivity index (χ3n) is 1.83. The number of benzene rings is 1. The molecule has 0 amide bonds. The zero-order valence-electron chi connectivity index (χ0n) is 7.37. The fourth-order valence-electron chi connectivity index (χ4n) is 1.09. The zero-order valence-corrected chi connectivity index (χ0v) is 9.77. The lowest BCUT2D eigenvalue weighted by Gasteiger charge is -2.09. The summed E-state index contributed by atoms with van der Waals surface area (Å²) in [6, 6.07) is 3.10. The summed E-state index contributed by atoms with van der Waals surface area (Å²) in [7, 11) is -4.05. The molecule has 0 aliphatic heterocycles. The number of rotatable bonds is 2. The average molecular weight is 255 g/mol. The van der Waals surface area contributed by atoms with E-state index >= 15 is 0 Å². The van der Waals surface area contributed by atoms with Crippen molar-refractivity contribution in [1.29, 1.82) is 0 Å². The summed E-state index contributed by atoms with van der Waals surface area (Å²) < 4.78 is 10.8. The minimum absolute atomic E-state index is 0.310. The van der Waals surface area contributed by atoms with Gasteiger partial charge in [-0.2, -0.15) is 0 Å².